The Labute approximate surface area is 206 Å². The van der Waals surface area contributed by atoms with Crippen molar-refractivity contribution in [2.45, 2.75) is 52.2 Å². The van der Waals surface area contributed by atoms with Gasteiger partial charge in [-0.05, 0) is 56.0 Å². The Hall–Kier alpha value is -1.70. The van der Waals surface area contributed by atoms with E-state index in [0.717, 1.165) is 58.2 Å². The zero-order valence-electron chi connectivity index (χ0n) is 17.4. The minimum atomic E-state index is 0. The summed E-state index contributed by atoms with van der Waals surface area (Å²) in [6, 6.07) is 13.4. The van der Waals surface area contributed by atoms with Crippen molar-refractivity contribution in [3.63, 3.8) is 0 Å². The number of hydrogen-bond acceptors (Lipinski definition) is 3. The number of carbonyl (C=O) groups is 1. The zero-order valence-corrected chi connectivity index (χ0v) is 21.3. The van der Waals surface area contributed by atoms with Gasteiger partial charge in [-0.3, -0.25) is 4.79 Å². The molecule has 164 valence electrons. The molecule has 0 unspecified atom stereocenters. The molecular weight excluding hydrogens is 544 g/mol. The summed E-state index contributed by atoms with van der Waals surface area (Å²) in [6.07, 6.45) is 4.39. The lowest BCUT2D eigenvalue weighted by molar-refractivity contribution is -0.710. The van der Waals surface area contributed by atoms with Crippen molar-refractivity contribution < 1.29 is 26.3 Å². The van der Waals surface area contributed by atoms with Crippen molar-refractivity contribution in [3.8, 4) is 0 Å². The number of Topliss-reactive ketones (excluding diaryl/α,β-unsaturated/α-hetero) is 1. The quantitative estimate of drug-likeness (QED) is 0.366. The summed E-state index contributed by atoms with van der Waals surface area (Å²) >= 11 is 9.68. The van der Waals surface area contributed by atoms with Crippen molar-refractivity contribution in [3.05, 3.63) is 74.7 Å². The van der Waals surface area contributed by atoms with Crippen LogP contribution in [0.1, 0.15) is 46.8 Å². The van der Waals surface area contributed by atoms with Gasteiger partial charge in [-0.15, -0.1) is 4.68 Å². The van der Waals surface area contributed by atoms with Gasteiger partial charge in [0.2, 0.25) is 5.82 Å². The second-order valence-corrected chi connectivity index (χ2v) is 8.97. The average Bonchev–Trinajstić information content (AvgIpc) is 2.90. The number of carbonyl (C=O) groups excluding carboxylic acids is 1. The molecule has 0 saturated heterocycles. The summed E-state index contributed by atoms with van der Waals surface area (Å²) in [5.41, 5.74) is 2.74. The molecule has 1 aromatic heterocycles. The summed E-state index contributed by atoms with van der Waals surface area (Å²) in [4.78, 5) is 12.9. The number of halogens is 3. The molecule has 31 heavy (non-hydrogen) atoms. The highest BCUT2D eigenvalue weighted by molar-refractivity contribution is 9.10. The smallest absolute Gasteiger partial charge is 0.296 e. The maximum Gasteiger partial charge on any atom is 0.296 e. The molecule has 0 bridgehead atoms. The molecule has 0 spiro atoms. The molecule has 1 aliphatic heterocycles. The van der Waals surface area contributed by atoms with Gasteiger partial charge in [-0.25, -0.2) is 4.57 Å². The Morgan fingerprint density at radius 2 is 1.97 bits per heavy atom. The number of anilines is 1. The van der Waals surface area contributed by atoms with E-state index < -0.39 is 0 Å². The molecule has 1 N–H and O–H groups in total. The summed E-state index contributed by atoms with van der Waals surface area (Å²) in [5.74, 6) is 2.16. The highest BCUT2D eigenvalue weighted by Crippen LogP contribution is 2.23. The van der Waals surface area contributed by atoms with Crippen LogP contribution in [-0.2, 0) is 26.1 Å². The highest BCUT2D eigenvalue weighted by Gasteiger charge is 2.28. The Balaban J connectivity index is 0.00000272. The van der Waals surface area contributed by atoms with Crippen LogP contribution in [0, 0.1) is 6.92 Å². The van der Waals surface area contributed by atoms with E-state index in [-0.39, 0.29) is 29.3 Å². The summed E-state index contributed by atoms with van der Waals surface area (Å²) in [5, 5.41) is 9.06. The van der Waals surface area contributed by atoms with Crippen LogP contribution in [0.15, 0.2) is 46.9 Å². The third kappa shape index (κ3) is 5.57. The fourth-order valence-electron chi connectivity index (χ4n) is 3.89. The first-order chi connectivity index (χ1) is 14.5. The molecule has 0 aliphatic carbocycles. The van der Waals surface area contributed by atoms with Gasteiger partial charge in [-0.2, -0.15) is 0 Å². The molecular formula is C23H25Br2ClN4O. The fourth-order valence-corrected chi connectivity index (χ4v) is 4.32. The number of ketones is 1. The van der Waals surface area contributed by atoms with Gasteiger partial charge in [0.1, 0.15) is 6.54 Å². The van der Waals surface area contributed by atoms with Crippen LogP contribution in [0.5, 0.6) is 0 Å². The first-order valence-corrected chi connectivity index (χ1v) is 11.5. The number of benzene rings is 2. The average molecular weight is 569 g/mol. The normalized spacial score (nSPS) is 13.1. The number of nitrogens with one attached hydrogen (secondary N) is 1. The van der Waals surface area contributed by atoms with Crippen LogP contribution >= 0.6 is 27.5 Å². The Morgan fingerprint density at radius 1 is 1.19 bits per heavy atom. The van der Waals surface area contributed by atoms with Crippen molar-refractivity contribution in [1.82, 2.24) is 9.78 Å². The van der Waals surface area contributed by atoms with E-state index in [0.29, 0.717) is 12.1 Å². The Bertz CT molecular complexity index is 1070. The van der Waals surface area contributed by atoms with Gasteiger partial charge < -0.3 is 22.3 Å². The Kier molecular flexibility index (Phi) is 8.30. The molecule has 0 saturated carbocycles. The molecule has 0 fully saturated rings. The van der Waals surface area contributed by atoms with Crippen molar-refractivity contribution in [1.29, 1.82) is 0 Å². The van der Waals surface area contributed by atoms with Crippen LogP contribution in [0.2, 0.25) is 5.02 Å². The van der Waals surface area contributed by atoms with Crippen molar-refractivity contribution in [2.24, 2.45) is 0 Å². The van der Waals surface area contributed by atoms with Gasteiger partial charge in [0, 0.05) is 32.3 Å². The monoisotopic (exact) mass is 566 g/mol. The van der Waals surface area contributed by atoms with Gasteiger partial charge in [0.25, 0.3) is 5.82 Å². The maximum absolute atomic E-state index is 12.9. The fraction of sp³-hybridized carbons (Fsp3) is 0.348. The largest absolute Gasteiger partial charge is 1.00 e. The van der Waals surface area contributed by atoms with E-state index >= 15 is 0 Å². The molecule has 0 amide bonds. The summed E-state index contributed by atoms with van der Waals surface area (Å²) in [7, 11) is 0. The lowest BCUT2D eigenvalue weighted by Crippen LogP contribution is -3.00. The van der Waals surface area contributed by atoms with E-state index in [1.54, 1.807) is 0 Å². The van der Waals surface area contributed by atoms with E-state index in [1.165, 1.54) is 6.42 Å². The third-order valence-corrected chi connectivity index (χ3v) is 6.54. The second kappa shape index (κ2) is 10.7. The molecule has 3 aromatic rings. The van der Waals surface area contributed by atoms with Gasteiger partial charge in [0.05, 0.1) is 6.54 Å². The molecule has 0 radical (unpaired) electrons. The van der Waals surface area contributed by atoms with Crippen molar-refractivity contribution >= 4 is 39.0 Å². The second-order valence-electron chi connectivity index (χ2n) is 7.65. The van der Waals surface area contributed by atoms with Gasteiger partial charge in [-0.1, -0.05) is 45.7 Å². The molecule has 0 atom stereocenters. The number of aromatic nitrogens is 3. The standard InChI is InChI=1S/C23H25BrClN4O.BrH/c1-16-19(25)6-5-7-20(16)26-14-22-27-29(23-8-3-2-4-13-28(22)23)15-21(30)17-9-11-18(24)12-10-17;/h5-7,9-12,26H,2-4,8,13-15H2,1H3;1H/q+1;/p-1. The van der Waals surface area contributed by atoms with E-state index in [2.05, 4.69) is 25.8 Å². The first-order valence-electron chi connectivity index (χ1n) is 10.3. The van der Waals surface area contributed by atoms with Crippen molar-refractivity contribution in [2.75, 3.05) is 5.32 Å². The maximum atomic E-state index is 12.9. The minimum Gasteiger partial charge on any atom is -1.00 e. The highest BCUT2D eigenvalue weighted by atomic mass is 79.9. The lowest BCUT2D eigenvalue weighted by atomic mass is 10.1. The van der Waals surface area contributed by atoms with Crippen LogP contribution in [0.3, 0.4) is 0 Å². The summed E-state index contributed by atoms with van der Waals surface area (Å²) in [6.45, 7) is 3.79. The zero-order chi connectivity index (χ0) is 21.1. The molecule has 8 heteroatoms. The molecule has 2 heterocycles. The van der Waals surface area contributed by atoms with E-state index in [9.17, 15) is 4.79 Å². The van der Waals surface area contributed by atoms with Crippen LogP contribution in [0.4, 0.5) is 5.69 Å². The summed E-state index contributed by atoms with van der Waals surface area (Å²) < 4.78 is 5.15. The minimum absolute atomic E-state index is 0. The van der Waals surface area contributed by atoms with Gasteiger partial charge >= 0.3 is 0 Å². The van der Waals surface area contributed by atoms with Crippen LogP contribution in [-0.4, -0.2) is 15.6 Å². The molecule has 1 aliphatic rings. The predicted molar refractivity (Wildman–Crippen MR) is 122 cm³/mol. The number of fused-ring (bicyclic) bond motifs is 1. The topological polar surface area (TPSA) is 50.8 Å². The predicted octanol–water partition coefficient (Wildman–Crippen LogP) is 2.12. The number of nitrogens with zero attached hydrogens (tertiary/aromatic N) is 3. The van der Waals surface area contributed by atoms with Crippen LogP contribution in [0.25, 0.3) is 0 Å². The first kappa shape index (κ1) is 24.0. The van der Waals surface area contributed by atoms with E-state index in [4.69, 9.17) is 16.7 Å². The third-order valence-electron chi connectivity index (χ3n) is 5.60. The molecule has 4 rings (SSSR count). The van der Waals surface area contributed by atoms with E-state index in [1.807, 2.05) is 54.1 Å². The molecule has 2 aromatic carbocycles. The Morgan fingerprint density at radius 3 is 2.74 bits per heavy atom. The number of rotatable bonds is 6. The number of hydrogen-bond donors (Lipinski definition) is 1. The lowest BCUT2D eigenvalue weighted by Gasteiger charge is -2.09. The SMILES string of the molecule is Cc1c(Cl)cccc1NCc1nn(CC(=O)c2ccc(Br)cc2)c2[n+]1CCCCC2.[Br-]. The molecule has 5 nitrogen and oxygen atoms in total. The van der Waals surface area contributed by atoms with Crippen LogP contribution < -0.4 is 26.9 Å². The van der Waals surface area contributed by atoms with Gasteiger partial charge in [0.15, 0.2) is 12.3 Å².